The Kier molecular flexibility index (Phi) is 5.98. The second-order valence-corrected chi connectivity index (χ2v) is 6.23. The van der Waals surface area contributed by atoms with Gasteiger partial charge in [0.05, 0.1) is 6.61 Å². The highest BCUT2D eigenvalue weighted by Gasteiger charge is 2.14. The summed E-state index contributed by atoms with van der Waals surface area (Å²) in [7, 11) is -4.29. The smallest absolute Gasteiger partial charge is 0.358 e. The highest BCUT2D eigenvalue weighted by Crippen LogP contribution is 2.16. The van der Waals surface area contributed by atoms with Gasteiger partial charge < -0.3 is 4.90 Å². The predicted molar refractivity (Wildman–Crippen MR) is 68.0 cm³/mol. The van der Waals surface area contributed by atoms with Gasteiger partial charge in [-0.2, -0.15) is 8.42 Å². The molecule has 1 aliphatic heterocycles. The summed E-state index contributed by atoms with van der Waals surface area (Å²) < 4.78 is 33.8. The number of nitrogens with zero attached hydrogens (tertiary/aromatic N) is 1. The fourth-order valence-electron chi connectivity index (χ4n) is 1.37. The van der Waals surface area contributed by atoms with Crippen LogP contribution in [-0.4, -0.2) is 47.6 Å². The van der Waals surface area contributed by atoms with Crippen LogP contribution in [0, 0.1) is 0 Å². The summed E-state index contributed by atoms with van der Waals surface area (Å²) in [5.74, 6) is 0.699. The first kappa shape index (κ1) is 14.2. The molecule has 0 aromatic rings. The van der Waals surface area contributed by atoms with Crippen molar-refractivity contribution in [1.29, 1.82) is 0 Å². The normalized spacial score (nSPS) is 16.7. The Morgan fingerprint density at radius 1 is 1.44 bits per heavy atom. The summed E-state index contributed by atoms with van der Waals surface area (Å²) >= 11 is 6.74. The molecule has 1 fully saturated rings. The van der Waals surface area contributed by atoms with Crippen LogP contribution in [0.3, 0.4) is 0 Å². The molecule has 8 heteroatoms. The van der Waals surface area contributed by atoms with E-state index >= 15 is 0 Å². The molecule has 16 heavy (non-hydrogen) atoms. The van der Waals surface area contributed by atoms with Crippen LogP contribution < -0.4 is 0 Å². The van der Waals surface area contributed by atoms with Gasteiger partial charge in [-0.15, -0.1) is 0 Å². The first-order valence-electron chi connectivity index (χ1n) is 5.02. The van der Waals surface area contributed by atoms with Crippen LogP contribution in [0.25, 0.3) is 0 Å². The van der Waals surface area contributed by atoms with Crippen molar-refractivity contribution in [2.24, 2.45) is 0 Å². The SMILES string of the molecule is O=S(=O)(O)OCCCSC(=S)N1CCCC1. The lowest BCUT2D eigenvalue weighted by molar-refractivity contribution is 0.270. The Balaban J connectivity index is 2.04. The molecule has 1 N–H and O–H groups in total. The molecule has 1 saturated heterocycles. The molecule has 0 bridgehead atoms. The van der Waals surface area contributed by atoms with Crippen molar-refractivity contribution < 1.29 is 17.2 Å². The molecule has 0 radical (unpaired) electrons. The molecule has 0 amide bonds. The van der Waals surface area contributed by atoms with Gasteiger partial charge in [-0.1, -0.05) is 24.0 Å². The Morgan fingerprint density at radius 3 is 2.62 bits per heavy atom. The van der Waals surface area contributed by atoms with Gasteiger partial charge in [0.2, 0.25) is 0 Å². The van der Waals surface area contributed by atoms with E-state index in [0.717, 1.165) is 17.4 Å². The van der Waals surface area contributed by atoms with Crippen LogP contribution in [0.4, 0.5) is 0 Å². The van der Waals surface area contributed by atoms with Gasteiger partial charge in [0.1, 0.15) is 4.32 Å². The summed E-state index contributed by atoms with van der Waals surface area (Å²) in [5, 5.41) is 0. The van der Waals surface area contributed by atoms with Crippen molar-refractivity contribution in [1.82, 2.24) is 4.90 Å². The molecule has 0 aromatic carbocycles. The molecule has 0 atom stereocenters. The first-order valence-corrected chi connectivity index (χ1v) is 7.78. The van der Waals surface area contributed by atoms with Gasteiger partial charge >= 0.3 is 10.4 Å². The van der Waals surface area contributed by atoms with Gasteiger partial charge in [0.15, 0.2) is 0 Å². The fourth-order valence-corrected chi connectivity index (χ4v) is 2.94. The quantitative estimate of drug-likeness (QED) is 0.464. The molecule has 1 rings (SSSR count). The maximum atomic E-state index is 10.2. The molecule has 1 heterocycles. The first-order chi connectivity index (χ1) is 7.49. The molecule has 5 nitrogen and oxygen atoms in total. The lowest BCUT2D eigenvalue weighted by Gasteiger charge is -2.17. The van der Waals surface area contributed by atoms with Crippen molar-refractivity contribution in [2.45, 2.75) is 19.3 Å². The minimum atomic E-state index is -4.29. The van der Waals surface area contributed by atoms with Crippen LogP contribution in [0.5, 0.6) is 0 Å². The fraction of sp³-hybridized carbons (Fsp3) is 0.875. The van der Waals surface area contributed by atoms with Crippen molar-refractivity contribution in [3.8, 4) is 0 Å². The lowest BCUT2D eigenvalue weighted by Crippen LogP contribution is -2.23. The van der Waals surface area contributed by atoms with Crippen molar-refractivity contribution in [3.05, 3.63) is 0 Å². The average Bonchev–Trinajstić information content (AvgIpc) is 2.67. The summed E-state index contributed by atoms with van der Waals surface area (Å²) in [6, 6.07) is 0. The van der Waals surface area contributed by atoms with Gasteiger partial charge in [-0.05, 0) is 19.3 Å². The van der Waals surface area contributed by atoms with Crippen LogP contribution in [0.2, 0.25) is 0 Å². The van der Waals surface area contributed by atoms with Crippen LogP contribution in [-0.2, 0) is 14.6 Å². The van der Waals surface area contributed by atoms with E-state index in [1.807, 2.05) is 0 Å². The molecule has 0 unspecified atom stereocenters. The summed E-state index contributed by atoms with van der Waals surface area (Å²) in [6.45, 7) is 2.04. The number of thiocarbonyl (C=S) groups is 1. The monoisotopic (exact) mass is 285 g/mol. The van der Waals surface area contributed by atoms with E-state index in [2.05, 4.69) is 9.08 Å². The van der Waals surface area contributed by atoms with E-state index in [-0.39, 0.29) is 6.61 Å². The average molecular weight is 285 g/mol. The van der Waals surface area contributed by atoms with E-state index in [4.69, 9.17) is 16.8 Å². The molecule has 0 spiro atoms. The zero-order chi connectivity index (χ0) is 12.0. The van der Waals surface area contributed by atoms with Crippen LogP contribution in [0.15, 0.2) is 0 Å². The zero-order valence-corrected chi connectivity index (χ0v) is 11.2. The van der Waals surface area contributed by atoms with Crippen molar-refractivity contribution >= 4 is 38.7 Å². The van der Waals surface area contributed by atoms with Gasteiger partial charge in [0.25, 0.3) is 0 Å². The Hall–Kier alpha value is 0.110. The third kappa shape index (κ3) is 6.00. The molecular weight excluding hydrogens is 270 g/mol. The standard InChI is InChI=1S/C8H15NO4S3/c10-16(11,12)13-6-3-7-15-8(14)9-4-1-2-5-9/h1-7H2,(H,10,11,12). The third-order valence-corrected chi connectivity index (χ3v) is 4.18. The molecule has 0 aliphatic carbocycles. The van der Waals surface area contributed by atoms with Gasteiger partial charge in [-0.25, -0.2) is 4.18 Å². The van der Waals surface area contributed by atoms with Gasteiger partial charge in [-0.3, -0.25) is 4.55 Å². The zero-order valence-electron chi connectivity index (χ0n) is 8.79. The van der Waals surface area contributed by atoms with Crippen LogP contribution >= 0.6 is 24.0 Å². The van der Waals surface area contributed by atoms with E-state index in [1.165, 1.54) is 24.6 Å². The second-order valence-electron chi connectivity index (χ2n) is 3.41. The maximum absolute atomic E-state index is 10.2. The van der Waals surface area contributed by atoms with Crippen LogP contribution in [0.1, 0.15) is 19.3 Å². The number of hydrogen-bond acceptors (Lipinski definition) is 5. The molecule has 94 valence electrons. The molecule has 1 aliphatic rings. The third-order valence-electron chi connectivity index (χ3n) is 2.11. The number of rotatable bonds is 5. The summed E-state index contributed by atoms with van der Waals surface area (Å²) in [6.07, 6.45) is 2.91. The Labute approximate surface area is 105 Å². The molecular formula is C8H15NO4S3. The number of likely N-dealkylation sites (tertiary alicyclic amines) is 1. The minimum Gasteiger partial charge on any atom is -0.358 e. The Morgan fingerprint density at radius 2 is 2.06 bits per heavy atom. The van der Waals surface area contributed by atoms with E-state index in [0.29, 0.717) is 12.2 Å². The highest BCUT2D eigenvalue weighted by atomic mass is 32.3. The van der Waals surface area contributed by atoms with E-state index in [9.17, 15) is 8.42 Å². The highest BCUT2D eigenvalue weighted by molar-refractivity contribution is 8.22. The van der Waals surface area contributed by atoms with E-state index < -0.39 is 10.4 Å². The maximum Gasteiger partial charge on any atom is 0.397 e. The minimum absolute atomic E-state index is 0.00551. The topological polar surface area (TPSA) is 66.8 Å². The summed E-state index contributed by atoms with van der Waals surface area (Å²) in [4.78, 5) is 2.16. The summed E-state index contributed by atoms with van der Waals surface area (Å²) in [5.41, 5.74) is 0. The van der Waals surface area contributed by atoms with Gasteiger partial charge in [0, 0.05) is 18.8 Å². The van der Waals surface area contributed by atoms with Crippen molar-refractivity contribution in [2.75, 3.05) is 25.4 Å². The number of thioether (sulfide) groups is 1. The largest absolute Gasteiger partial charge is 0.397 e. The lowest BCUT2D eigenvalue weighted by atomic mass is 10.4. The molecule has 0 saturated carbocycles. The van der Waals surface area contributed by atoms with Crippen molar-refractivity contribution in [3.63, 3.8) is 0 Å². The Bertz CT molecular complexity index is 324. The number of hydrogen-bond donors (Lipinski definition) is 1. The predicted octanol–water partition coefficient (Wildman–Crippen LogP) is 1.31. The van der Waals surface area contributed by atoms with E-state index in [1.54, 1.807) is 0 Å². The second kappa shape index (κ2) is 6.75. The molecule has 0 aromatic heterocycles.